The van der Waals surface area contributed by atoms with Gasteiger partial charge < -0.3 is 68.6 Å². The highest BCUT2D eigenvalue weighted by molar-refractivity contribution is 5.99. The Morgan fingerprint density at radius 2 is 1.19 bits per heavy atom. The number of amides is 9. The Labute approximate surface area is 540 Å². The van der Waals surface area contributed by atoms with Crippen LogP contribution < -0.4 is 15.4 Å². The molecule has 2 N–H and O–H groups in total. The molecule has 0 radical (unpaired) electrons. The number of ether oxygens (including phenoxy) is 5. The van der Waals surface area contributed by atoms with E-state index in [0.29, 0.717) is 17.7 Å². The summed E-state index contributed by atoms with van der Waals surface area (Å²) in [6.07, 6.45) is -2.49. The molecule has 1 heterocycles. The zero-order valence-corrected chi connectivity index (χ0v) is 59.0. The highest BCUT2D eigenvalue weighted by Crippen LogP contribution is 2.25. The number of nitrogens with zero attached hydrogens (tertiary/aromatic N) is 8. The number of carbonyl (C=O) groups is 11. The number of hydrogen-bond donors (Lipinski definition) is 2. The van der Waals surface area contributed by atoms with Gasteiger partial charge in [0.25, 0.3) is 5.91 Å². The van der Waals surface area contributed by atoms with Gasteiger partial charge in [0, 0.05) is 70.0 Å². The Morgan fingerprint density at radius 1 is 0.626 bits per heavy atom. The van der Waals surface area contributed by atoms with Crippen molar-refractivity contribution in [2.24, 2.45) is 29.6 Å². The quantitative estimate of drug-likeness (QED) is 0.141. The number of likely N-dealkylation sites (N-methyl/N-ethyl adjacent to an activating group) is 8. The van der Waals surface area contributed by atoms with Crippen molar-refractivity contribution in [1.82, 2.24) is 49.8 Å². The van der Waals surface area contributed by atoms with Gasteiger partial charge in [-0.1, -0.05) is 87.8 Å². The van der Waals surface area contributed by atoms with Gasteiger partial charge in [-0.25, -0.2) is 4.79 Å². The predicted octanol–water partition coefficient (Wildman–Crippen LogP) is 2.57. The molecule has 0 saturated carbocycles. The van der Waals surface area contributed by atoms with Gasteiger partial charge in [0.15, 0.2) is 6.10 Å². The molecule has 516 valence electrons. The smallest absolute Gasteiger partial charge is 0.328 e. The van der Waals surface area contributed by atoms with Crippen LogP contribution in [0.1, 0.15) is 115 Å². The molecule has 91 heavy (non-hydrogen) atoms. The second-order valence-electron chi connectivity index (χ2n) is 26.1. The maximum Gasteiger partial charge on any atom is 0.328 e. The van der Waals surface area contributed by atoms with Crippen molar-refractivity contribution in [1.29, 1.82) is 0 Å². The van der Waals surface area contributed by atoms with Gasteiger partial charge in [0.2, 0.25) is 47.3 Å². The Kier molecular flexibility index (Phi) is 32.0. The lowest BCUT2D eigenvalue weighted by molar-refractivity contribution is -0.171. The van der Waals surface area contributed by atoms with E-state index in [1.54, 1.807) is 64.0 Å². The fraction of sp³-hybridized carbons (Fsp3) is 0.738. The lowest BCUT2D eigenvalue weighted by Crippen LogP contribution is -2.64. The van der Waals surface area contributed by atoms with E-state index < -0.39 is 156 Å². The molecule has 1 aliphatic heterocycles. The largest absolute Gasteiger partial charge is 0.497 e. The summed E-state index contributed by atoms with van der Waals surface area (Å²) in [5.41, 5.74) is 0.597. The van der Waals surface area contributed by atoms with Gasteiger partial charge in [-0.2, -0.15) is 0 Å². The Morgan fingerprint density at radius 3 is 1.67 bits per heavy atom. The number of benzene rings is 1. The average Bonchev–Trinajstić information content (AvgIpc) is 0.922. The maximum atomic E-state index is 15.6. The first kappa shape index (κ1) is 80.2. The fourth-order valence-electron chi connectivity index (χ4n) is 11.3. The second kappa shape index (κ2) is 36.3. The van der Waals surface area contributed by atoms with E-state index in [9.17, 15) is 33.6 Å². The Bertz CT molecular complexity index is 2630. The number of methoxy groups -OCH3 is 3. The molecule has 1 saturated heterocycles. The minimum Gasteiger partial charge on any atom is -0.497 e. The molecule has 1 aromatic carbocycles. The summed E-state index contributed by atoms with van der Waals surface area (Å²) in [5, 5.41) is 5.63. The summed E-state index contributed by atoms with van der Waals surface area (Å²) >= 11 is 0. The van der Waals surface area contributed by atoms with Crippen molar-refractivity contribution in [2.45, 2.75) is 188 Å². The van der Waals surface area contributed by atoms with Crippen LogP contribution in [0.25, 0.3) is 0 Å². The van der Waals surface area contributed by atoms with Crippen molar-refractivity contribution >= 4 is 65.1 Å². The zero-order valence-electron chi connectivity index (χ0n) is 59.0. The maximum absolute atomic E-state index is 15.6. The molecule has 0 bridgehead atoms. The third-order valence-electron chi connectivity index (χ3n) is 17.2. The molecule has 0 unspecified atom stereocenters. The van der Waals surface area contributed by atoms with Gasteiger partial charge in [-0.15, -0.1) is 0 Å². The van der Waals surface area contributed by atoms with E-state index >= 15 is 19.2 Å². The highest BCUT2D eigenvalue weighted by atomic mass is 16.6. The first-order valence-electron chi connectivity index (χ1n) is 31.4. The van der Waals surface area contributed by atoms with Gasteiger partial charge >= 0.3 is 11.9 Å². The standard InChI is InChI=1S/C65H110N10O16/c1-26-40(10)52-56(77)66-41(11)57(78)70(17)47(31-36(2)3)55(76)67-46(33-44-27-29-45(89-25)30-28-44)58(79)69(16)42(12)64(85)90-43(13)53(62(83)72(19)50(35-88-24)61(82)74(52)21)75(22)59(80)48(32-37(4)5)71(18)60(81)49(34-87-23)73(20)63(84)54(39(8)9)91-65(86)51(38(6)7)68(14)15/h27-30,36-43,46-54H,26,31-35H2,1-25H3,(H,66,77)(H,67,76)/t40-,41-,42+,43+,46-,47-,48-,49-,50-,51-,52-,53-,54+/m0/s1. The summed E-state index contributed by atoms with van der Waals surface area (Å²) in [5.74, 6) is -9.68. The number of esters is 2. The number of carbonyl (C=O) groups excluding carboxylic acids is 11. The minimum absolute atomic E-state index is 0.00735. The molecule has 0 aliphatic carbocycles. The Hall–Kier alpha value is -6.93. The zero-order chi connectivity index (χ0) is 70.0. The van der Waals surface area contributed by atoms with Gasteiger partial charge in [-0.05, 0) is 95.0 Å². The fourth-order valence-corrected chi connectivity index (χ4v) is 11.3. The SMILES string of the molecule is CC[C@H](C)[C@H]1C(=O)N[C@@H](C)C(=O)N(C)[C@@H](CC(C)C)C(=O)N[C@@H](Cc2ccc(OC)cc2)C(=O)N(C)[C@H](C)C(=O)O[C@H](C)[C@H](N(C)C(=O)[C@H](CC(C)C)N(C)C(=O)[C@H](COC)N(C)C(=O)[C@H](OC(=O)[C@H](C(C)C)N(C)C)C(C)C)C(=O)N(C)[C@@H](COC)C(=O)N1C. The molecule has 1 aromatic rings. The van der Waals surface area contributed by atoms with E-state index in [-0.39, 0.29) is 43.6 Å². The number of hydrogen-bond acceptors (Lipinski definition) is 17. The van der Waals surface area contributed by atoms with Gasteiger partial charge in [-0.3, -0.25) is 52.8 Å². The first-order chi connectivity index (χ1) is 42.3. The van der Waals surface area contributed by atoms with E-state index in [4.69, 9.17) is 23.7 Å². The van der Waals surface area contributed by atoms with Crippen molar-refractivity contribution in [2.75, 3.05) is 98.0 Å². The third kappa shape index (κ3) is 21.0. The van der Waals surface area contributed by atoms with E-state index in [2.05, 4.69) is 10.6 Å². The molecular weight excluding hydrogens is 1180 g/mol. The van der Waals surface area contributed by atoms with E-state index in [1.807, 2.05) is 48.5 Å². The van der Waals surface area contributed by atoms with Crippen molar-refractivity contribution in [3.63, 3.8) is 0 Å². The van der Waals surface area contributed by atoms with Crippen LogP contribution >= 0.6 is 0 Å². The van der Waals surface area contributed by atoms with Crippen LogP contribution in [0.5, 0.6) is 5.75 Å². The number of nitrogens with one attached hydrogen (secondary N) is 2. The highest BCUT2D eigenvalue weighted by Gasteiger charge is 2.47. The predicted molar refractivity (Wildman–Crippen MR) is 343 cm³/mol. The topological polar surface area (TPSA) is 284 Å². The summed E-state index contributed by atoms with van der Waals surface area (Å²) in [6, 6.07) is -6.41. The molecule has 0 aromatic heterocycles. The minimum atomic E-state index is -1.79. The van der Waals surface area contributed by atoms with Crippen LogP contribution in [0.3, 0.4) is 0 Å². The van der Waals surface area contributed by atoms with Crippen molar-refractivity contribution < 1.29 is 76.4 Å². The van der Waals surface area contributed by atoms with Crippen LogP contribution in [0.2, 0.25) is 0 Å². The molecular formula is C65H110N10O16. The molecule has 1 fully saturated rings. The normalized spacial score (nSPS) is 23.3. The summed E-state index contributed by atoms with van der Waals surface area (Å²) in [6.45, 7) is 21.4. The molecule has 13 atom stereocenters. The molecule has 26 nitrogen and oxygen atoms in total. The third-order valence-corrected chi connectivity index (χ3v) is 17.2. The molecule has 1 aliphatic rings. The first-order valence-corrected chi connectivity index (χ1v) is 31.4. The van der Waals surface area contributed by atoms with Crippen LogP contribution in [-0.4, -0.2) is 275 Å². The number of rotatable bonds is 24. The van der Waals surface area contributed by atoms with Crippen LogP contribution in [0, 0.1) is 29.6 Å². The van der Waals surface area contributed by atoms with Crippen LogP contribution in [0.15, 0.2) is 24.3 Å². The van der Waals surface area contributed by atoms with E-state index in [0.717, 1.165) is 24.5 Å². The molecule has 2 rings (SSSR count). The lowest BCUT2D eigenvalue weighted by Gasteiger charge is -2.41. The average molecular weight is 1290 g/mol. The molecule has 26 heteroatoms. The van der Waals surface area contributed by atoms with Crippen molar-refractivity contribution in [3.05, 3.63) is 29.8 Å². The van der Waals surface area contributed by atoms with Gasteiger partial charge in [0.05, 0.1) is 20.3 Å². The Balaban J connectivity index is 3.02. The summed E-state index contributed by atoms with van der Waals surface area (Å²) in [7, 11) is 17.0. The van der Waals surface area contributed by atoms with Crippen molar-refractivity contribution in [3.8, 4) is 5.75 Å². The second-order valence-corrected chi connectivity index (χ2v) is 26.1. The molecule has 9 amide bonds. The molecule has 0 spiro atoms. The lowest BCUT2D eigenvalue weighted by atomic mass is 9.95. The summed E-state index contributed by atoms with van der Waals surface area (Å²) in [4.78, 5) is 172. The monoisotopic (exact) mass is 1290 g/mol. The van der Waals surface area contributed by atoms with E-state index in [1.165, 1.54) is 101 Å². The van der Waals surface area contributed by atoms with Crippen LogP contribution in [-0.2, 0) is 78.1 Å². The van der Waals surface area contributed by atoms with Crippen LogP contribution in [0.4, 0.5) is 0 Å². The van der Waals surface area contributed by atoms with Gasteiger partial charge in [0.1, 0.15) is 72.3 Å². The number of cyclic esters (lactones) is 1. The summed E-state index contributed by atoms with van der Waals surface area (Å²) < 4.78 is 28.5.